The van der Waals surface area contributed by atoms with E-state index in [0.29, 0.717) is 39.2 Å². The Morgan fingerprint density at radius 2 is 1.81 bits per heavy atom. The van der Waals surface area contributed by atoms with E-state index in [2.05, 4.69) is 5.10 Å². The molecular formula is C20H18Cl2N2O2. The van der Waals surface area contributed by atoms with Crippen LogP contribution in [0, 0.1) is 13.8 Å². The maximum absolute atomic E-state index is 13.1. The minimum absolute atomic E-state index is 0.242. The van der Waals surface area contributed by atoms with Crippen molar-refractivity contribution in [1.29, 1.82) is 0 Å². The predicted molar refractivity (Wildman–Crippen MR) is 103 cm³/mol. The Kier molecular flexibility index (Phi) is 5.35. The average Bonchev–Trinajstić information content (AvgIpc) is 3.02. The van der Waals surface area contributed by atoms with Crippen molar-refractivity contribution >= 4 is 29.0 Å². The molecule has 1 heterocycles. The molecule has 0 saturated heterocycles. The van der Waals surface area contributed by atoms with Crippen LogP contribution in [0.4, 0.5) is 0 Å². The molecule has 4 nitrogen and oxygen atoms in total. The zero-order valence-corrected chi connectivity index (χ0v) is 16.2. The van der Waals surface area contributed by atoms with E-state index in [1.807, 2.05) is 37.3 Å². The number of benzene rings is 2. The molecule has 6 heteroatoms. The molecule has 0 spiro atoms. The fourth-order valence-corrected chi connectivity index (χ4v) is 3.16. The van der Waals surface area contributed by atoms with Gasteiger partial charge in [0.05, 0.1) is 11.2 Å². The second-order valence-corrected chi connectivity index (χ2v) is 6.84. The molecule has 0 unspecified atom stereocenters. The SMILES string of the molecule is Cc1cc(C(=O)c2cnn(C)c2OCc2ccccc2)c(Cl)c(C)c1Cl. The van der Waals surface area contributed by atoms with E-state index in [4.69, 9.17) is 27.9 Å². The van der Waals surface area contributed by atoms with Crippen molar-refractivity contribution in [3.05, 3.63) is 80.5 Å². The van der Waals surface area contributed by atoms with Crippen LogP contribution in [0.3, 0.4) is 0 Å². The first-order chi connectivity index (χ1) is 12.4. The number of hydrogen-bond acceptors (Lipinski definition) is 3. The van der Waals surface area contributed by atoms with Gasteiger partial charge in [0.15, 0.2) is 0 Å². The second kappa shape index (κ2) is 7.52. The summed E-state index contributed by atoms with van der Waals surface area (Å²) in [5, 5.41) is 5.09. The lowest BCUT2D eigenvalue weighted by Crippen LogP contribution is -2.08. The summed E-state index contributed by atoms with van der Waals surface area (Å²) >= 11 is 12.6. The lowest BCUT2D eigenvalue weighted by atomic mass is 10.0. The second-order valence-electron chi connectivity index (χ2n) is 6.08. The molecule has 0 aliphatic heterocycles. The molecule has 0 saturated carbocycles. The molecule has 134 valence electrons. The smallest absolute Gasteiger partial charge is 0.223 e. The van der Waals surface area contributed by atoms with E-state index in [9.17, 15) is 4.79 Å². The highest BCUT2D eigenvalue weighted by atomic mass is 35.5. The molecule has 0 bridgehead atoms. The van der Waals surface area contributed by atoms with Crippen molar-refractivity contribution < 1.29 is 9.53 Å². The summed E-state index contributed by atoms with van der Waals surface area (Å²) in [5.41, 5.74) is 3.25. The predicted octanol–water partition coefficient (Wildman–Crippen LogP) is 5.15. The van der Waals surface area contributed by atoms with Crippen LogP contribution in [0.25, 0.3) is 0 Å². The molecule has 1 aromatic heterocycles. The summed E-state index contributed by atoms with van der Waals surface area (Å²) in [6.07, 6.45) is 1.50. The quantitative estimate of drug-likeness (QED) is 0.567. The maximum Gasteiger partial charge on any atom is 0.223 e. The van der Waals surface area contributed by atoms with Crippen LogP contribution < -0.4 is 4.74 Å². The van der Waals surface area contributed by atoms with Gasteiger partial charge in [0.1, 0.15) is 12.2 Å². The van der Waals surface area contributed by atoms with Gasteiger partial charge in [0.25, 0.3) is 0 Å². The van der Waals surface area contributed by atoms with E-state index < -0.39 is 0 Å². The number of hydrogen-bond donors (Lipinski definition) is 0. The van der Waals surface area contributed by atoms with E-state index in [-0.39, 0.29) is 5.78 Å². The third-order valence-electron chi connectivity index (χ3n) is 4.19. The van der Waals surface area contributed by atoms with Gasteiger partial charge in [0.2, 0.25) is 11.7 Å². The summed E-state index contributed by atoms with van der Waals surface area (Å²) in [4.78, 5) is 13.1. The third kappa shape index (κ3) is 3.48. The van der Waals surface area contributed by atoms with E-state index in [1.165, 1.54) is 6.20 Å². The van der Waals surface area contributed by atoms with E-state index in [1.54, 1.807) is 24.7 Å². The molecule has 0 amide bonds. The number of aromatic nitrogens is 2. The van der Waals surface area contributed by atoms with Gasteiger partial charge in [0, 0.05) is 17.6 Å². The molecule has 0 atom stereocenters. The summed E-state index contributed by atoms with van der Waals surface area (Å²) in [5.74, 6) is 0.161. The van der Waals surface area contributed by atoms with Crippen LogP contribution in [0.2, 0.25) is 10.0 Å². The molecule has 3 rings (SSSR count). The van der Waals surface area contributed by atoms with E-state index >= 15 is 0 Å². The third-order valence-corrected chi connectivity index (χ3v) is 5.26. The highest BCUT2D eigenvalue weighted by Crippen LogP contribution is 2.33. The zero-order valence-electron chi connectivity index (χ0n) is 14.7. The monoisotopic (exact) mass is 388 g/mol. The zero-order chi connectivity index (χ0) is 18.8. The van der Waals surface area contributed by atoms with Crippen molar-refractivity contribution in [2.45, 2.75) is 20.5 Å². The fraction of sp³-hybridized carbons (Fsp3) is 0.200. The van der Waals surface area contributed by atoms with Gasteiger partial charge in [-0.25, -0.2) is 4.68 Å². The normalized spacial score (nSPS) is 10.8. The Bertz CT molecular complexity index is 966. The fourth-order valence-electron chi connectivity index (χ4n) is 2.73. The molecule has 0 aliphatic carbocycles. The number of halogens is 2. The number of nitrogens with zero attached hydrogens (tertiary/aromatic N) is 2. The molecule has 0 radical (unpaired) electrons. The topological polar surface area (TPSA) is 44.1 Å². The molecule has 2 aromatic carbocycles. The van der Waals surface area contributed by atoms with Gasteiger partial charge in [-0.05, 0) is 36.6 Å². The first kappa shape index (κ1) is 18.5. The van der Waals surface area contributed by atoms with Gasteiger partial charge < -0.3 is 4.74 Å². The standard InChI is InChI=1S/C20H18Cl2N2O2/c1-12-9-15(18(22)13(2)17(12)21)19(25)16-10-23-24(3)20(16)26-11-14-7-5-4-6-8-14/h4-10H,11H2,1-3H3. The number of carbonyl (C=O) groups is 1. The maximum atomic E-state index is 13.1. The molecule has 0 N–H and O–H groups in total. The summed E-state index contributed by atoms with van der Waals surface area (Å²) in [7, 11) is 1.73. The number of rotatable bonds is 5. The number of aryl methyl sites for hydroxylation is 2. The lowest BCUT2D eigenvalue weighted by Gasteiger charge is -2.12. The van der Waals surface area contributed by atoms with Crippen LogP contribution in [0.1, 0.15) is 32.6 Å². The van der Waals surface area contributed by atoms with Gasteiger partial charge in [-0.3, -0.25) is 4.79 Å². The van der Waals surface area contributed by atoms with Crippen LogP contribution in [0.5, 0.6) is 5.88 Å². The summed E-state index contributed by atoms with van der Waals surface area (Å²) in [6, 6.07) is 11.4. The highest BCUT2D eigenvalue weighted by molar-refractivity contribution is 6.39. The van der Waals surface area contributed by atoms with Crippen LogP contribution in [-0.2, 0) is 13.7 Å². The molecule has 0 fully saturated rings. The van der Waals surface area contributed by atoms with E-state index in [0.717, 1.165) is 11.1 Å². The molecule has 0 aliphatic rings. The number of ketones is 1. The van der Waals surface area contributed by atoms with Gasteiger partial charge in [-0.2, -0.15) is 5.10 Å². The largest absolute Gasteiger partial charge is 0.472 e. The van der Waals surface area contributed by atoms with Crippen molar-refractivity contribution in [2.24, 2.45) is 7.05 Å². The molecule has 26 heavy (non-hydrogen) atoms. The van der Waals surface area contributed by atoms with Crippen LogP contribution in [-0.4, -0.2) is 15.6 Å². The van der Waals surface area contributed by atoms with Crippen LogP contribution >= 0.6 is 23.2 Å². The Morgan fingerprint density at radius 1 is 1.12 bits per heavy atom. The summed E-state index contributed by atoms with van der Waals surface area (Å²) < 4.78 is 7.41. The number of carbonyl (C=O) groups excluding carboxylic acids is 1. The minimum Gasteiger partial charge on any atom is -0.472 e. The van der Waals surface area contributed by atoms with Crippen molar-refractivity contribution in [3.8, 4) is 5.88 Å². The van der Waals surface area contributed by atoms with Gasteiger partial charge in [-0.1, -0.05) is 53.5 Å². The highest BCUT2D eigenvalue weighted by Gasteiger charge is 2.23. The summed E-state index contributed by atoms with van der Waals surface area (Å²) in [6.45, 7) is 3.98. The molecule has 3 aromatic rings. The number of ether oxygens (including phenoxy) is 1. The van der Waals surface area contributed by atoms with Gasteiger partial charge in [-0.15, -0.1) is 0 Å². The van der Waals surface area contributed by atoms with Crippen molar-refractivity contribution in [3.63, 3.8) is 0 Å². The lowest BCUT2D eigenvalue weighted by molar-refractivity contribution is 0.103. The minimum atomic E-state index is -0.242. The first-order valence-corrected chi connectivity index (χ1v) is 8.84. The van der Waals surface area contributed by atoms with Crippen molar-refractivity contribution in [2.75, 3.05) is 0 Å². The van der Waals surface area contributed by atoms with Crippen molar-refractivity contribution in [1.82, 2.24) is 9.78 Å². The average molecular weight is 389 g/mol. The first-order valence-electron chi connectivity index (χ1n) is 8.08. The van der Waals surface area contributed by atoms with Crippen LogP contribution in [0.15, 0.2) is 42.6 Å². The Hall–Kier alpha value is -2.30. The molecular weight excluding hydrogens is 371 g/mol. The Morgan fingerprint density at radius 3 is 2.50 bits per heavy atom. The Labute approximate surface area is 162 Å². The Balaban J connectivity index is 1.94. The van der Waals surface area contributed by atoms with Gasteiger partial charge >= 0.3 is 0 Å².